The number of hydrogen-bond donors (Lipinski definition) is 2. The molecule has 0 aliphatic carbocycles. The molecule has 94 valence electrons. The van der Waals surface area contributed by atoms with E-state index in [4.69, 9.17) is 22.8 Å². The Morgan fingerprint density at radius 1 is 1.56 bits per heavy atom. The molecule has 0 radical (unpaired) electrons. The van der Waals surface area contributed by atoms with Gasteiger partial charge in [-0.3, -0.25) is 9.89 Å². The Labute approximate surface area is 108 Å². The summed E-state index contributed by atoms with van der Waals surface area (Å²) in [6.07, 6.45) is 0.360. The van der Waals surface area contributed by atoms with Gasteiger partial charge in [-0.05, 0) is 29.9 Å². The number of aromatic nitrogens is 3. The summed E-state index contributed by atoms with van der Waals surface area (Å²) in [5.74, 6) is 6.22. The molecule has 1 aromatic carbocycles. The molecule has 1 aromatic heterocycles. The zero-order valence-electron chi connectivity index (χ0n) is 9.71. The molecule has 0 saturated carbocycles. The number of nitrogen functional groups attached to an aromatic ring is 1. The van der Waals surface area contributed by atoms with Gasteiger partial charge in [0.15, 0.2) is 0 Å². The number of aromatic amines is 1. The molecule has 6 nitrogen and oxygen atoms in total. The fourth-order valence-electron chi connectivity index (χ4n) is 1.54. The first kappa shape index (κ1) is 12.3. The van der Waals surface area contributed by atoms with Crippen LogP contribution in [-0.2, 0) is 6.42 Å². The number of nitrogens with two attached hydrogens (primary N) is 1. The SMILES string of the molecule is COc1cccc(Cc2n[nH]c(=S)n(N)c2=O)c1. The molecule has 0 bridgehead atoms. The topological polar surface area (TPSA) is 85.9 Å². The molecule has 2 rings (SSSR count). The Kier molecular flexibility index (Phi) is 3.42. The monoisotopic (exact) mass is 264 g/mol. The van der Waals surface area contributed by atoms with E-state index in [9.17, 15) is 4.79 Å². The predicted molar refractivity (Wildman–Crippen MR) is 69.6 cm³/mol. The number of nitrogens with zero attached hydrogens (tertiary/aromatic N) is 2. The summed E-state index contributed by atoms with van der Waals surface area (Å²) >= 11 is 4.80. The first-order valence-corrected chi connectivity index (χ1v) is 5.61. The van der Waals surface area contributed by atoms with E-state index >= 15 is 0 Å². The smallest absolute Gasteiger partial charge is 0.295 e. The van der Waals surface area contributed by atoms with E-state index in [1.54, 1.807) is 7.11 Å². The Hall–Kier alpha value is -2.15. The third-order valence-electron chi connectivity index (χ3n) is 2.48. The molecule has 0 saturated heterocycles. The van der Waals surface area contributed by atoms with Crippen LogP contribution in [0.1, 0.15) is 11.3 Å². The molecule has 18 heavy (non-hydrogen) atoms. The number of H-pyrrole nitrogens is 1. The van der Waals surface area contributed by atoms with E-state index in [2.05, 4.69) is 10.2 Å². The second kappa shape index (κ2) is 5.01. The van der Waals surface area contributed by atoms with Gasteiger partial charge in [0.1, 0.15) is 11.4 Å². The van der Waals surface area contributed by atoms with Gasteiger partial charge in [-0.25, -0.2) is 0 Å². The second-order valence-electron chi connectivity index (χ2n) is 3.68. The molecule has 0 aliphatic rings. The lowest BCUT2D eigenvalue weighted by Crippen LogP contribution is -2.32. The summed E-state index contributed by atoms with van der Waals surface area (Å²) in [7, 11) is 1.59. The lowest BCUT2D eigenvalue weighted by atomic mass is 10.1. The quantitative estimate of drug-likeness (QED) is 0.627. The third kappa shape index (κ3) is 2.40. The van der Waals surface area contributed by atoms with Gasteiger partial charge in [-0.1, -0.05) is 12.1 Å². The van der Waals surface area contributed by atoms with E-state index in [0.717, 1.165) is 16.0 Å². The summed E-state index contributed by atoms with van der Waals surface area (Å²) in [6.45, 7) is 0. The van der Waals surface area contributed by atoms with Crippen molar-refractivity contribution in [2.45, 2.75) is 6.42 Å². The number of rotatable bonds is 3. The van der Waals surface area contributed by atoms with Crippen LogP contribution in [0.15, 0.2) is 29.1 Å². The van der Waals surface area contributed by atoms with Crippen LogP contribution in [0.5, 0.6) is 5.75 Å². The van der Waals surface area contributed by atoms with Crippen molar-refractivity contribution in [1.82, 2.24) is 14.9 Å². The van der Waals surface area contributed by atoms with Crippen LogP contribution in [0.2, 0.25) is 0 Å². The molecule has 0 aliphatic heterocycles. The van der Waals surface area contributed by atoms with Gasteiger partial charge in [0.05, 0.1) is 7.11 Å². The first-order valence-electron chi connectivity index (χ1n) is 5.20. The Morgan fingerprint density at radius 2 is 2.33 bits per heavy atom. The molecule has 7 heteroatoms. The van der Waals surface area contributed by atoms with Gasteiger partial charge >= 0.3 is 0 Å². The number of benzene rings is 1. The van der Waals surface area contributed by atoms with Crippen molar-refractivity contribution in [3.05, 3.63) is 50.6 Å². The zero-order chi connectivity index (χ0) is 13.1. The van der Waals surface area contributed by atoms with Crippen LogP contribution in [0.25, 0.3) is 0 Å². The molecule has 0 amide bonds. The summed E-state index contributed by atoms with van der Waals surface area (Å²) in [6, 6.07) is 7.40. The minimum absolute atomic E-state index is 0.0920. The van der Waals surface area contributed by atoms with Gasteiger partial charge < -0.3 is 10.6 Å². The molecule has 0 unspecified atom stereocenters. The number of nitrogens with one attached hydrogen (secondary N) is 1. The lowest BCUT2D eigenvalue weighted by molar-refractivity contribution is 0.414. The number of hydrogen-bond acceptors (Lipinski definition) is 5. The van der Waals surface area contributed by atoms with E-state index < -0.39 is 5.56 Å². The lowest BCUT2D eigenvalue weighted by Gasteiger charge is -2.04. The van der Waals surface area contributed by atoms with Crippen LogP contribution in [0, 0.1) is 4.77 Å². The van der Waals surface area contributed by atoms with Crippen molar-refractivity contribution in [2.75, 3.05) is 13.0 Å². The minimum Gasteiger partial charge on any atom is -0.497 e. The van der Waals surface area contributed by atoms with Gasteiger partial charge in [0.25, 0.3) is 5.56 Å². The summed E-state index contributed by atoms with van der Waals surface area (Å²) in [5.41, 5.74) is 0.811. The number of methoxy groups -OCH3 is 1. The largest absolute Gasteiger partial charge is 0.497 e. The summed E-state index contributed by atoms with van der Waals surface area (Å²) < 4.78 is 6.08. The van der Waals surface area contributed by atoms with Gasteiger partial charge in [0, 0.05) is 6.42 Å². The normalized spacial score (nSPS) is 10.3. The van der Waals surface area contributed by atoms with Crippen LogP contribution < -0.4 is 16.1 Å². The highest BCUT2D eigenvalue weighted by Gasteiger charge is 2.07. The Bertz CT molecular complexity index is 677. The molecule has 0 fully saturated rings. The van der Waals surface area contributed by atoms with Crippen molar-refractivity contribution in [1.29, 1.82) is 0 Å². The van der Waals surface area contributed by atoms with Gasteiger partial charge in [0.2, 0.25) is 4.77 Å². The van der Waals surface area contributed by atoms with Crippen LogP contribution >= 0.6 is 12.2 Å². The van der Waals surface area contributed by atoms with Crippen molar-refractivity contribution in [2.24, 2.45) is 0 Å². The third-order valence-corrected chi connectivity index (χ3v) is 2.76. The Morgan fingerprint density at radius 3 is 3.06 bits per heavy atom. The van der Waals surface area contributed by atoms with E-state index in [1.807, 2.05) is 24.3 Å². The first-order chi connectivity index (χ1) is 8.61. The average Bonchev–Trinajstić information content (AvgIpc) is 2.40. The van der Waals surface area contributed by atoms with Gasteiger partial charge in [-0.15, -0.1) is 0 Å². The molecule has 3 N–H and O–H groups in total. The van der Waals surface area contributed by atoms with Crippen molar-refractivity contribution >= 4 is 12.2 Å². The predicted octanol–water partition coefficient (Wildman–Crippen LogP) is 0.614. The maximum atomic E-state index is 11.8. The highest BCUT2D eigenvalue weighted by atomic mass is 32.1. The zero-order valence-corrected chi connectivity index (χ0v) is 10.5. The minimum atomic E-state index is -0.401. The molecule has 2 aromatic rings. The van der Waals surface area contributed by atoms with Crippen LogP contribution in [0.4, 0.5) is 0 Å². The highest BCUT2D eigenvalue weighted by molar-refractivity contribution is 7.71. The molecule has 0 atom stereocenters. The molecular formula is C11H12N4O2S. The van der Waals surface area contributed by atoms with Gasteiger partial charge in [-0.2, -0.15) is 9.77 Å². The van der Waals surface area contributed by atoms with Crippen molar-refractivity contribution in [3.63, 3.8) is 0 Å². The summed E-state index contributed by atoms with van der Waals surface area (Å²) in [4.78, 5) is 11.8. The van der Waals surface area contributed by atoms with E-state index in [0.29, 0.717) is 12.1 Å². The maximum absolute atomic E-state index is 11.8. The molecule has 0 spiro atoms. The molecule has 1 heterocycles. The fourth-order valence-corrected chi connectivity index (χ4v) is 1.67. The summed E-state index contributed by atoms with van der Waals surface area (Å²) in [5, 5.41) is 6.44. The second-order valence-corrected chi connectivity index (χ2v) is 4.07. The van der Waals surface area contributed by atoms with Crippen molar-refractivity contribution in [3.8, 4) is 5.75 Å². The Balaban J connectivity index is 2.37. The van der Waals surface area contributed by atoms with Crippen LogP contribution in [-0.4, -0.2) is 22.0 Å². The maximum Gasteiger partial charge on any atom is 0.295 e. The molecular weight excluding hydrogens is 252 g/mol. The van der Waals surface area contributed by atoms with Crippen LogP contribution in [0.3, 0.4) is 0 Å². The average molecular weight is 264 g/mol. The van der Waals surface area contributed by atoms with E-state index in [-0.39, 0.29) is 4.77 Å². The van der Waals surface area contributed by atoms with E-state index in [1.165, 1.54) is 0 Å². The van der Waals surface area contributed by atoms with Crippen molar-refractivity contribution < 1.29 is 4.74 Å². The standard InChI is InChI=1S/C11H12N4O2S/c1-17-8-4-2-3-7(5-8)6-9-10(16)15(12)11(18)14-13-9/h2-5H,6,12H2,1H3,(H,14,18). The number of ether oxygens (including phenoxy) is 1. The fraction of sp³-hybridized carbons (Fsp3) is 0.182. The highest BCUT2D eigenvalue weighted by Crippen LogP contribution is 2.13.